The van der Waals surface area contributed by atoms with Gasteiger partial charge in [0.05, 0.1) is 10.6 Å². The van der Waals surface area contributed by atoms with Crippen molar-refractivity contribution in [2.24, 2.45) is 0 Å². The first-order chi connectivity index (χ1) is 12.8. The molecule has 0 atom stereocenters. The van der Waals surface area contributed by atoms with Crippen molar-refractivity contribution in [3.8, 4) is 5.69 Å². The highest BCUT2D eigenvalue weighted by atomic mass is 19.1. The summed E-state index contributed by atoms with van der Waals surface area (Å²) in [4.78, 5) is 24.1. The summed E-state index contributed by atoms with van der Waals surface area (Å²) in [5, 5.41) is 15.0. The van der Waals surface area contributed by atoms with Crippen LogP contribution in [-0.2, 0) is 6.54 Å². The van der Waals surface area contributed by atoms with E-state index in [1.165, 1.54) is 53.2 Å². The largest absolute Gasteiger partial charge is 0.336 e. The van der Waals surface area contributed by atoms with Crippen molar-refractivity contribution >= 4 is 11.6 Å². The van der Waals surface area contributed by atoms with E-state index >= 15 is 0 Å². The summed E-state index contributed by atoms with van der Waals surface area (Å²) >= 11 is 0. The number of amides is 1. The van der Waals surface area contributed by atoms with E-state index in [4.69, 9.17) is 0 Å². The first-order valence-corrected chi connectivity index (χ1v) is 7.85. The maximum absolute atomic E-state index is 13.8. The van der Waals surface area contributed by atoms with Crippen molar-refractivity contribution in [3.05, 3.63) is 87.7 Å². The van der Waals surface area contributed by atoms with Gasteiger partial charge in [0.15, 0.2) is 5.69 Å². The second-order valence-electron chi connectivity index (χ2n) is 5.82. The smallest absolute Gasteiger partial charge is 0.274 e. The zero-order valence-electron chi connectivity index (χ0n) is 14.2. The molecule has 3 rings (SSSR count). The summed E-state index contributed by atoms with van der Waals surface area (Å²) in [5.74, 6) is -1.90. The summed E-state index contributed by atoms with van der Waals surface area (Å²) in [6.07, 6.45) is 1.50. The number of hydrogen-bond donors (Lipinski definition) is 0. The molecule has 0 saturated carbocycles. The number of carbonyl (C=O) groups excluding carboxylic acids is 1. The Morgan fingerprint density at radius 3 is 2.70 bits per heavy atom. The first kappa shape index (κ1) is 18.2. The standard InChI is InChI=1S/C18H14F2N4O3/c1-22(11-12-5-6-13(19)9-16(12)20)18(25)17-7-8-23(21-17)14-3-2-4-15(10-14)24(26)27/h2-10H,11H2,1H3. The number of hydrogen-bond acceptors (Lipinski definition) is 4. The molecule has 27 heavy (non-hydrogen) atoms. The monoisotopic (exact) mass is 372 g/mol. The van der Waals surface area contributed by atoms with Crippen molar-refractivity contribution < 1.29 is 18.5 Å². The van der Waals surface area contributed by atoms with Crippen LogP contribution in [0.1, 0.15) is 16.1 Å². The lowest BCUT2D eigenvalue weighted by Crippen LogP contribution is -2.27. The molecule has 0 aliphatic rings. The quantitative estimate of drug-likeness (QED) is 0.508. The Morgan fingerprint density at radius 2 is 2.00 bits per heavy atom. The molecule has 0 aliphatic carbocycles. The third kappa shape index (κ3) is 3.97. The molecule has 1 aromatic heterocycles. The van der Waals surface area contributed by atoms with Crippen molar-refractivity contribution in [2.75, 3.05) is 7.05 Å². The second-order valence-corrected chi connectivity index (χ2v) is 5.82. The van der Waals surface area contributed by atoms with Gasteiger partial charge in [0.2, 0.25) is 0 Å². The van der Waals surface area contributed by atoms with Crippen LogP contribution in [-0.4, -0.2) is 32.6 Å². The molecular weight excluding hydrogens is 358 g/mol. The molecule has 9 heteroatoms. The highest BCUT2D eigenvalue weighted by Crippen LogP contribution is 2.17. The number of halogens is 2. The molecule has 0 bridgehead atoms. The van der Waals surface area contributed by atoms with Crippen LogP contribution in [0.4, 0.5) is 14.5 Å². The number of nitrogens with zero attached hydrogens (tertiary/aromatic N) is 4. The van der Waals surface area contributed by atoms with Crippen LogP contribution < -0.4 is 0 Å². The highest BCUT2D eigenvalue weighted by Gasteiger charge is 2.17. The summed E-state index contributed by atoms with van der Waals surface area (Å²) < 4.78 is 28.1. The Kier molecular flexibility index (Phi) is 4.93. The number of rotatable bonds is 5. The van der Waals surface area contributed by atoms with Gasteiger partial charge in [0.25, 0.3) is 11.6 Å². The van der Waals surface area contributed by atoms with Crippen LogP contribution in [0.3, 0.4) is 0 Å². The number of nitro groups is 1. The van der Waals surface area contributed by atoms with Crippen molar-refractivity contribution in [1.82, 2.24) is 14.7 Å². The van der Waals surface area contributed by atoms with Crippen LogP contribution in [0.25, 0.3) is 5.69 Å². The fraction of sp³-hybridized carbons (Fsp3) is 0.111. The third-order valence-electron chi connectivity index (χ3n) is 3.88. The predicted molar refractivity (Wildman–Crippen MR) is 92.4 cm³/mol. The average Bonchev–Trinajstić information content (AvgIpc) is 3.13. The Bertz CT molecular complexity index is 1020. The van der Waals surface area contributed by atoms with Gasteiger partial charge in [-0.2, -0.15) is 5.10 Å². The first-order valence-electron chi connectivity index (χ1n) is 7.85. The summed E-state index contributed by atoms with van der Waals surface area (Å²) in [7, 11) is 1.47. The highest BCUT2D eigenvalue weighted by molar-refractivity contribution is 5.92. The lowest BCUT2D eigenvalue weighted by atomic mass is 10.2. The minimum atomic E-state index is -0.739. The molecule has 0 aliphatic heterocycles. The Balaban J connectivity index is 1.78. The van der Waals surface area contributed by atoms with E-state index in [9.17, 15) is 23.7 Å². The molecule has 0 unspecified atom stereocenters. The van der Waals surface area contributed by atoms with Gasteiger partial charge in [-0.3, -0.25) is 14.9 Å². The molecular formula is C18H14F2N4O3. The molecule has 7 nitrogen and oxygen atoms in total. The normalized spacial score (nSPS) is 10.6. The van der Waals surface area contributed by atoms with E-state index < -0.39 is 22.5 Å². The minimum Gasteiger partial charge on any atom is -0.336 e. The van der Waals surface area contributed by atoms with E-state index in [1.807, 2.05) is 0 Å². The van der Waals surface area contributed by atoms with Crippen molar-refractivity contribution in [1.29, 1.82) is 0 Å². The minimum absolute atomic E-state index is 0.0609. The molecule has 0 fully saturated rings. The van der Waals surface area contributed by atoms with Gasteiger partial charge in [0.1, 0.15) is 11.6 Å². The van der Waals surface area contributed by atoms with Crippen LogP contribution >= 0.6 is 0 Å². The molecule has 1 heterocycles. The van der Waals surface area contributed by atoms with Gasteiger partial charge in [-0.15, -0.1) is 0 Å². The lowest BCUT2D eigenvalue weighted by Gasteiger charge is -2.16. The van der Waals surface area contributed by atoms with Gasteiger partial charge in [-0.1, -0.05) is 12.1 Å². The SMILES string of the molecule is CN(Cc1ccc(F)cc1F)C(=O)c1ccn(-c2cccc([N+](=O)[O-])c2)n1. The fourth-order valence-corrected chi connectivity index (χ4v) is 2.50. The van der Waals surface area contributed by atoms with E-state index in [0.717, 1.165) is 12.1 Å². The number of aromatic nitrogens is 2. The number of carbonyl (C=O) groups is 1. The average molecular weight is 372 g/mol. The molecule has 0 saturated heterocycles. The summed E-state index contributed by atoms with van der Waals surface area (Å²) in [5.41, 5.74) is 0.590. The predicted octanol–water partition coefficient (Wildman–Crippen LogP) is 3.33. The van der Waals surface area contributed by atoms with E-state index in [2.05, 4.69) is 5.10 Å². The number of benzene rings is 2. The van der Waals surface area contributed by atoms with Gasteiger partial charge < -0.3 is 4.90 Å². The molecule has 3 aromatic rings. The molecule has 138 valence electrons. The zero-order valence-corrected chi connectivity index (χ0v) is 14.2. The molecule has 2 aromatic carbocycles. The number of nitro benzene ring substituents is 1. The van der Waals surface area contributed by atoms with Gasteiger partial charge in [-0.25, -0.2) is 13.5 Å². The molecule has 0 radical (unpaired) electrons. The summed E-state index contributed by atoms with van der Waals surface area (Å²) in [6, 6.07) is 10.4. The van der Waals surface area contributed by atoms with Crippen molar-refractivity contribution in [2.45, 2.75) is 6.54 Å². The lowest BCUT2D eigenvalue weighted by molar-refractivity contribution is -0.384. The van der Waals surface area contributed by atoms with Crippen LogP contribution in [0.2, 0.25) is 0 Å². The Morgan fingerprint density at radius 1 is 1.22 bits per heavy atom. The Hall–Kier alpha value is -3.62. The number of non-ortho nitro benzene ring substituents is 1. The van der Waals surface area contributed by atoms with E-state index in [0.29, 0.717) is 5.69 Å². The van der Waals surface area contributed by atoms with E-state index in [-0.39, 0.29) is 23.5 Å². The third-order valence-corrected chi connectivity index (χ3v) is 3.88. The second kappa shape index (κ2) is 7.32. The molecule has 0 spiro atoms. The van der Waals surface area contributed by atoms with Crippen LogP contribution in [0.15, 0.2) is 54.7 Å². The molecule has 1 amide bonds. The van der Waals surface area contributed by atoms with Crippen LogP contribution in [0, 0.1) is 21.7 Å². The fourth-order valence-electron chi connectivity index (χ4n) is 2.50. The van der Waals surface area contributed by atoms with E-state index in [1.54, 1.807) is 6.07 Å². The van der Waals surface area contributed by atoms with Crippen molar-refractivity contribution in [3.63, 3.8) is 0 Å². The van der Waals surface area contributed by atoms with Gasteiger partial charge in [0, 0.05) is 43.6 Å². The van der Waals surface area contributed by atoms with Gasteiger partial charge >= 0.3 is 0 Å². The van der Waals surface area contributed by atoms with Gasteiger partial charge in [-0.05, 0) is 18.2 Å². The Labute approximate surface area is 152 Å². The summed E-state index contributed by atoms with van der Waals surface area (Å²) in [6.45, 7) is -0.0609. The topological polar surface area (TPSA) is 81.3 Å². The molecule has 0 N–H and O–H groups in total. The van der Waals surface area contributed by atoms with Crippen LogP contribution in [0.5, 0.6) is 0 Å². The zero-order chi connectivity index (χ0) is 19.6. The maximum atomic E-state index is 13.8. The maximum Gasteiger partial charge on any atom is 0.274 e.